The molecule has 1 atom stereocenters. The molecule has 3 aromatic heterocycles. The Kier molecular flexibility index (Phi) is 7.11. The van der Waals surface area contributed by atoms with E-state index in [1.807, 2.05) is 31.3 Å². The van der Waals surface area contributed by atoms with Crippen molar-refractivity contribution in [2.45, 2.75) is 19.4 Å². The maximum absolute atomic E-state index is 9.81. The highest BCUT2D eigenvalue weighted by atomic mass is 35.5. The number of rotatable bonds is 6. The topological polar surface area (TPSA) is 98.7 Å². The van der Waals surface area contributed by atoms with E-state index >= 15 is 0 Å². The first-order chi connectivity index (χ1) is 14.2. The van der Waals surface area contributed by atoms with E-state index in [-0.39, 0.29) is 19.0 Å². The minimum absolute atomic E-state index is 0. The molecule has 2 N–H and O–H groups in total. The second kappa shape index (κ2) is 9.76. The first-order valence-electron chi connectivity index (χ1n) is 9.84. The number of hydrogen-bond donors (Lipinski definition) is 2. The molecule has 0 spiro atoms. The molecule has 9 heteroatoms. The number of anilines is 1. The SMILES string of the molecule is CCC(O)COc1cc(-c2ccc(N3CCNCC3)nc2)c2c(C#N)cnn2c1.Cl. The van der Waals surface area contributed by atoms with E-state index in [2.05, 4.69) is 26.4 Å². The van der Waals surface area contributed by atoms with Crippen LogP contribution in [0.25, 0.3) is 16.6 Å². The molecule has 8 nitrogen and oxygen atoms in total. The van der Waals surface area contributed by atoms with Gasteiger partial charge in [0.15, 0.2) is 0 Å². The zero-order valence-electron chi connectivity index (χ0n) is 16.8. The number of piperazine rings is 1. The van der Waals surface area contributed by atoms with Gasteiger partial charge in [-0.1, -0.05) is 6.92 Å². The smallest absolute Gasteiger partial charge is 0.138 e. The van der Waals surface area contributed by atoms with Crippen molar-refractivity contribution in [3.05, 3.63) is 42.4 Å². The first-order valence-corrected chi connectivity index (χ1v) is 9.84. The average Bonchev–Trinajstić information content (AvgIpc) is 3.20. The van der Waals surface area contributed by atoms with Crippen molar-refractivity contribution < 1.29 is 9.84 Å². The highest BCUT2D eigenvalue weighted by molar-refractivity contribution is 5.85. The van der Waals surface area contributed by atoms with Crippen LogP contribution in [0.2, 0.25) is 0 Å². The molecular weight excluding hydrogens is 404 g/mol. The number of nitrogens with one attached hydrogen (secondary N) is 1. The quantitative estimate of drug-likeness (QED) is 0.621. The van der Waals surface area contributed by atoms with Crippen molar-refractivity contribution in [2.75, 3.05) is 37.7 Å². The third-order valence-corrected chi connectivity index (χ3v) is 5.12. The Bertz CT molecular complexity index is 1020. The van der Waals surface area contributed by atoms with Crippen LogP contribution in [-0.4, -0.2) is 58.6 Å². The van der Waals surface area contributed by atoms with Crippen LogP contribution in [-0.2, 0) is 0 Å². The van der Waals surface area contributed by atoms with Crippen molar-refractivity contribution in [2.24, 2.45) is 0 Å². The van der Waals surface area contributed by atoms with Crippen molar-refractivity contribution in [1.82, 2.24) is 19.9 Å². The number of aliphatic hydroxyl groups excluding tert-OH is 1. The predicted molar refractivity (Wildman–Crippen MR) is 117 cm³/mol. The van der Waals surface area contributed by atoms with E-state index in [0.29, 0.717) is 23.3 Å². The van der Waals surface area contributed by atoms with Crippen LogP contribution in [0.3, 0.4) is 0 Å². The van der Waals surface area contributed by atoms with Crippen LogP contribution in [0.1, 0.15) is 18.9 Å². The summed E-state index contributed by atoms with van der Waals surface area (Å²) in [6.45, 7) is 5.87. The fraction of sp³-hybridized carbons (Fsp3) is 0.381. The van der Waals surface area contributed by atoms with Gasteiger partial charge >= 0.3 is 0 Å². The predicted octanol–water partition coefficient (Wildman–Crippen LogP) is 2.25. The van der Waals surface area contributed by atoms with Crippen LogP contribution >= 0.6 is 12.4 Å². The minimum Gasteiger partial charge on any atom is -0.489 e. The lowest BCUT2D eigenvalue weighted by Gasteiger charge is -2.28. The third-order valence-electron chi connectivity index (χ3n) is 5.12. The third kappa shape index (κ3) is 4.49. The van der Waals surface area contributed by atoms with E-state index in [4.69, 9.17) is 4.74 Å². The Morgan fingerprint density at radius 3 is 2.77 bits per heavy atom. The fourth-order valence-electron chi connectivity index (χ4n) is 3.41. The highest BCUT2D eigenvalue weighted by Gasteiger charge is 2.16. The molecule has 1 unspecified atom stereocenters. The second-order valence-corrected chi connectivity index (χ2v) is 7.07. The van der Waals surface area contributed by atoms with Gasteiger partial charge in [-0.15, -0.1) is 12.4 Å². The van der Waals surface area contributed by atoms with Crippen LogP contribution in [0.4, 0.5) is 5.82 Å². The largest absolute Gasteiger partial charge is 0.489 e. The summed E-state index contributed by atoms with van der Waals surface area (Å²) >= 11 is 0. The van der Waals surface area contributed by atoms with Gasteiger partial charge < -0.3 is 20.1 Å². The standard InChI is InChI=1S/C21H24N6O2.ClH/c1-2-17(28)14-29-18-9-19(21-16(10-22)12-25-27(21)13-18)15-3-4-20(24-11-15)26-7-5-23-6-8-26;/h3-4,9,11-13,17,23,28H,2,5-8,14H2,1H3;1H. The molecule has 158 valence electrons. The van der Waals surface area contributed by atoms with Gasteiger partial charge in [-0.05, 0) is 24.6 Å². The van der Waals surface area contributed by atoms with Gasteiger partial charge in [0, 0.05) is 43.5 Å². The second-order valence-electron chi connectivity index (χ2n) is 7.07. The Hall–Kier alpha value is -2.86. The molecule has 0 aromatic carbocycles. The number of hydrogen-bond acceptors (Lipinski definition) is 7. The minimum atomic E-state index is -0.526. The average molecular weight is 429 g/mol. The molecule has 4 rings (SSSR count). The van der Waals surface area contributed by atoms with Gasteiger partial charge in [-0.2, -0.15) is 10.4 Å². The van der Waals surface area contributed by atoms with Crippen LogP contribution in [0.5, 0.6) is 5.75 Å². The molecule has 0 amide bonds. The zero-order valence-corrected chi connectivity index (χ0v) is 17.6. The Balaban J connectivity index is 0.00000256. The summed E-state index contributed by atoms with van der Waals surface area (Å²) in [7, 11) is 0. The van der Waals surface area contributed by atoms with Crippen molar-refractivity contribution in [1.29, 1.82) is 5.26 Å². The first kappa shape index (κ1) is 21.8. The number of aliphatic hydroxyl groups is 1. The summed E-state index contributed by atoms with van der Waals surface area (Å²) in [4.78, 5) is 6.90. The molecule has 1 aliphatic rings. The van der Waals surface area contributed by atoms with Gasteiger partial charge in [-0.3, -0.25) is 0 Å². The van der Waals surface area contributed by atoms with Gasteiger partial charge in [0.1, 0.15) is 24.2 Å². The van der Waals surface area contributed by atoms with E-state index in [0.717, 1.165) is 43.1 Å². The molecule has 30 heavy (non-hydrogen) atoms. The Morgan fingerprint density at radius 1 is 1.30 bits per heavy atom. The molecule has 0 bridgehead atoms. The summed E-state index contributed by atoms with van der Waals surface area (Å²) in [6.07, 6.45) is 5.19. The van der Waals surface area contributed by atoms with E-state index in [9.17, 15) is 10.4 Å². The van der Waals surface area contributed by atoms with Crippen molar-refractivity contribution >= 4 is 23.7 Å². The number of fused-ring (bicyclic) bond motifs is 1. The summed E-state index contributed by atoms with van der Waals surface area (Å²) < 4.78 is 7.41. The van der Waals surface area contributed by atoms with Gasteiger partial charge in [-0.25, -0.2) is 9.50 Å². The number of nitriles is 1. The zero-order chi connectivity index (χ0) is 20.2. The monoisotopic (exact) mass is 428 g/mol. The molecule has 1 aliphatic heterocycles. The molecule has 0 radical (unpaired) electrons. The summed E-state index contributed by atoms with van der Waals surface area (Å²) in [5.74, 6) is 1.53. The number of halogens is 1. The summed E-state index contributed by atoms with van der Waals surface area (Å²) in [5.41, 5.74) is 2.91. The van der Waals surface area contributed by atoms with Gasteiger partial charge in [0.05, 0.1) is 29.6 Å². The lowest BCUT2D eigenvalue weighted by molar-refractivity contribution is 0.104. The van der Waals surface area contributed by atoms with Crippen molar-refractivity contribution in [3.8, 4) is 22.9 Å². The maximum atomic E-state index is 9.81. The van der Waals surface area contributed by atoms with Crippen LogP contribution < -0.4 is 15.0 Å². The number of nitrogens with zero attached hydrogens (tertiary/aromatic N) is 5. The Labute approximate surface area is 181 Å². The molecule has 1 fully saturated rings. The molecule has 3 aromatic rings. The van der Waals surface area contributed by atoms with Crippen LogP contribution in [0, 0.1) is 11.3 Å². The van der Waals surface area contributed by atoms with Crippen LogP contribution in [0.15, 0.2) is 36.8 Å². The Morgan fingerprint density at radius 2 is 2.10 bits per heavy atom. The van der Waals surface area contributed by atoms with E-state index in [1.165, 1.54) is 0 Å². The van der Waals surface area contributed by atoms with Gasteiger partial charge in [0.25, 0.3) is 0 Å². The highest BCUT2D eigenvalue weighted by Crippen LogP contribution is 2.31. The molecule has 1 saturated heterocycles. The number of aromatic nitrogens is 3. The lowest BCUT2D eigenvalue weighted by Crippen LogP contribution is -2.43. The van der Waals surface area contributed by atoms with E-state index < -0.39 is 6.10 Å². The van der Waals surface area contributed by atoms with Gasteiger partial charge in [0.2, 0.25) is 0 Å². The lowest BCUT2D eigenvalue weighted by atomic mass is 10.1. The summed E-state index contributed by atoms with van der Waals surface area (Å²) in [5, 5.41) is 26.9. The number of pyridine rings is 2. The fourth-order valence-corrected chi connectivity index (χ4v) is 3.41. The number of ether oxygens (including phenoxy) is 1. The maximum Gasteiger partial charge on any atom is 0.138 e. The normalized spacial score (nSPS) is 14.8. The molecule has 0 aliphatic carbocycles. The van der Waals surface area contributed by atoms with E-state index in [1.54, 1.807) is 16.9 Å². The molecular formula is C21H25ClN6O2. The molecule has 0 saturated carbocycles. The molecule has 4 heterocycles. The van der Waals surface area contributed by atoms with Crippen molar-refractivity contribution in [3.63, 3.8) is 0 Å². The summed E-state index contributed by atoms with van der Waals surface area (Å²) in [6, 6.07) is 8.10.